The molecule has 5 nitrogen and oxygen atoms in total. The minimum Gasteiger partial charge on any atom is -0.504 e. The predicted octanol–water partition coefficient (Wildman–Crippen LogP) is 2.25. The summed E-state index contributed by atoms with van der Waals surface area (Å²) in [7, 11) is 1.85. The number of aromatic hydroxyl groups is 1. The Kier molecular flexibility index (Phi) is 2.79. The highest BCUT2D eigenvalue weighted by atomic mass is 16.5. The van der Waals surface area contributed by atoms with Crippen LogP contribution in [0.5, 0.6) is 11.5 Å². The normalized spacial score (nSPS) is 10.8. The van der Waals surface area contributed by atoms with Crippen LogP contribution in [-0.4, -0.2) is 19.9 Å². The maximum atomic E-state index is 9.94. The molecule has 96 valence electrons. The Labute approximate surface area is 110 Å². The average molecular weight is 255 g/mol. The molecule has 0 saturated heterocycles. The van der Waals surface area contributed by atoms with Crippen molar-refractivity contribution in [2.24, 2.45) is 7.05 Å². The summed E-state index contributed by atoms with van der Waals surface area (Å²) in [6.07, 6.45) is 1.61. The van der Waals surface area contributed by atoms with Gasteiger partial charge in [0.05, 0.1) is 0 Å². The van der Waals surface area contributed by atoms with Gasteiger partial charge in [-0.1, -0.05) is 24.3 Å². The summed E-state index contributed by atoms with van der Waals surface area (Å²) < 4.78 is 7.37. The van der Waals surface area contributed by atoms with Gasteiger partial charge >= 0.3 is 0 Å². The summed E-state index contributed by atoms with van der Waals surface area (Å²) in [5.41, 5.74) is 0. The van der Waals surface area contributed by atoms with Crippen LogP contribution in [-0.2, 0) is 13.7 Å². The Bertz CT molecular complexity index is 722. The van der Waals surface area contributed by atoms with E-state index in [1.807, 2.05) is 37.4 Å². The number of phenols is 1. The van der Waals surface area contributed by atoms with E-state index in [-0.39, 0.29) is 12.4 Å². The predicted molar refractivity (Wildman–Crippen MR) is 70.9 cm³/mol. The number of nitrogens with zero attached hydrogens (tertiary/aromatic N) is 3. The van der Waals surface area contributed by atoms with Crippen molar-refractivity contribution in [1.29, 1.82) is 0 Å². The highest BCUT2D eigenvalue weighted by Gasteiger charge is 2.07. The SMILES string of the molecule is Cn1cnnc1COc1cc2ccccc2cc1O. The molecule has 0 saturated carbocycles. The first-order valence-corrected chi connectivity index (χ1v) is 5.91. The maximum absolute atomic E-state index is 9.94. The highest BCUT2D eigenvalue weighted by molar-refractivity contribution is 5.85. The Balaban J connectivity index is 1.88. The maximum Gasteiger partial charge on any atom is 0.170 e. The zero-order chi connectivity index (χ0) is 13.2. The zero-order valence-corrected chi connectivity index (χ0v) is 10.4. The Morgan fingerprint density at radius 3 is 2.63 bits per heavy atom. The fraction of sp³-hybridized carbons (Fsp3) is 0.143. The van der Waals surface area contributed by atoms with Crippen LogP contribution in [0.4, 0.5) is 0 Å². The van der Waals surface area contributed by atoms with Crippen LogP contribution in [0.1, 0.15) is 5.82 Å². The van der Waals surface area contributed by atoms with Crippen molar-refractivity contribution < 1.29 is 9.84 Å². The molecule has 0 spiro atoms. The van der Waals surface area contributed by atoms with Crippen molar-refractivity contribution in [2.45, 2.75) is 6.61 Å². The van der Waals surface area contributed by atoms with Gasteiger partial charge in [0.1, 0.15) is 12.9 Å². The topological polar surface area (TPSA) is 60.2 Å². The molecule has 2 aromatic carbocycles. The molecule has 1 aromatic heterocycles. The first-order chi connectivity index (χ1) is 9.24. The van der Waals surface area contributed by atoms with Crippen molar-refractivity contribution >= 4 is 10.8 Å². The average Bonchev–Trinajstić information content (AvgIpc) is 2.82. The number of hydrogen-bond donors (Lipinski definition) is 1. The van der Waals surface area contributed by atoms with Gasteiger partial charge in [0.25, 0.3) is 0 Å². The smallest absolute Gasteiger partial charge is 0.170 e. The largest absolute Gasteiger partial charge is 0.504 e. The lowest BCUT2D eigenvalue weighted by Gasteiger charge is -2.09. The van der Waals surface area contributed by atoms with Crippen molar-refractivity contribution in [2.75, 3.05) is 0 Å². The van der Waals surface area contributed by atoms with Crippen LogP contribution in [0.3, 0.4) is 0 Å². The highest BCUT2D eigenvalue weighted by Crippen LogP contribution is 2.31. The van der Waals surface area contributed by atoms with Gasteiger partial charge in [0.15, 0.2) is 17.3 Å². The van der Waals surface area contributed by atoms with Crippen molar-refractivity contribution in [3.63, 3.8) is 0 Å². The molecule has 3 aromatic rings. The molecule has 19 heavy (non-hydrogen) atoms. The summed E-state index contributed by atoms with van der Waals surface area (Å²) in [6, 6.07) is 11.3. The molecule has 0 aliphatic carbocycles. The summed E-state index contributed by atoms with van der Waals surface area (Å²) in [5, 5.41) is 19.6. The van der Waals surface area contributed by atoms with Crippen LogP contribution in [0, 0.1) is 0 Å². The lowest BCUT2D eigenvalue weighted by Crippen LogP contribution is -2.03. The second kappa shape index (κ2) is 4.61. The van der Waals surface area contributed by atoms with E-state index in [9.17, 15) is 5.11 Å². The quantitative estimate of drug-likeness (QED) is 0.779. The molecule has 1 heterocycles. The minimum atomic E-state index is 0.126. The van der Waals surface area contributed by atoms with Crippen LogP contribution >= 0.6 is 0 Å². The molecular formula is C14H13N3O2. The van der Waals surface area contributed by atoms with Gasteiger partial charge in [-0.2, -0.15) is 0 Å². The van der Waals surface area contributed by atoms with Gasteiger partial charge in [-0.15, -0.1) is 10.2 Å². The van der Waals surface area contributed by atoms with E-state index >= 15 is 0 Å². The first kappa shape index (κ1) is 11.5. The van der Waals surface area contributed by atoms with E-state index in [0.717, 1.165) is 10.8 Å². The van der Waals surface area contributed by atoms with Crippen molar-refractivity contribution in [3.05, 3.63) is 48.5 Å². The monoisotopic (exact) mass is 255 g/mol. The van der Waals surface area contributed by atoms with E-state index in [2.05, 4.69) is 10.2 Å². The Morgan fingerprint density at radius 1 is 1.21 bits per heavy atom. The molecule has 5 heteroatoms. The van der Waals surface area contributed by atoms with Crippen molar-refractivity contribution in [1.82, 2.24) is 14.8 Å². The minimum absolute atomic E-state index is 0.126. The number of benzene rings is 2. The van der Waals surface area contributed by atoms with E-state index in [1.165, 1.54) is 0 Å². The van der Waals surface area contributed by atoms with E-state index in [0.29, 0.717) is 11.6 Å². The molecule has 0 aliphatic heterocycles. The molecule has 0 radical (unpaired) electrons. The number of fused-ring (bicyclic) bond motifs is 1. The molecule has 1 N–H and O–H groups in total. The molecule has 0 amide bonds. The van der Waals surface area contributed by atoms with Gasteiger partial charge in [-0.05, 0) is 22.9 Å². The third-order valence-corrected chi connectivity index (χ3v) is 2.99. The molecule has 0 aliphatic rings. The van der Waals surface area contributed by atoms with E-state index < -0.39 is 0 Å². The molecule has 0 fully saturated rings. The van der Waals surface area contributed by atoms with Crippen LogP contribution in [0.2, 0.25) is 0 Å². The number of rotatable bonds is 3. The molecule has 0 unspecified atom stereocenters. The molecule has 0 atom stereocenters. The van der Waals surface area contributed by atoms with Gasteiger partial charge in [0.2, 0.25) is 0 Å². The third-order valence-electron chi connectivity index (χ3n) is 2.99. The first-order valence-electron chi connectivity index (χ1n) is 5.91. The van der Waals surface area contributed by atoms with E-state index in [4.69, 9.17) is 4.74 Å². The third kappa shape index (κ3) is 2.22. The Morgan fingerprint density at radius 2 is 1.95 bits per heavy atom. The van der Waals surface area contributed by atoms with Crippen LogP contribution < -0.4 is 4.74 Å². The van der Waals surface area contributed by atoms with Crippen LogP contribution in [0.25, 0.3) is 10.8 Å². The molecule has 0 bridgehead atoms. The standard InChI is InChI=1S/C14H13N3O2/c1-17-9-15-16-14(17)8-19-13-7-11-5-3-2-4-10(11)6-12(13)18/h2-7,9,18H,8H2,1H3. The summed E-state index contributed by atoms with van der Waals surface area (Å²) in [6.45, 7) is 0.266. The summed E-state index contributed by atoms with van der Waals surface area (Å²) in [4.78, 5) is 0. The van der Waals surface area contributed by atoms with Crippen molar-refractivity contribution in [3.8, 4) is 11.5 Å². The lowest BCUT2D eigenvalue weighted by molar-refractivity contribution is 0.277. The zero-order valence-electron chi connectivity index (χ0n) is 10.4. The van der Waals surface area contributed by atoms with Gasteiger partial charge < -0.3 is 14.4 Å². The molecular weight excluding hydrogens is 242 g/mol. The fourth-order valence-corrected chi connectivity index (χ4v) is 1.90. The second-order valence-electron chi connectivity index (χ2n) is 4.31. The summed E-state index contributed by atoms with van der Waals surface area (Å²) in [5.74, 6) is 1.27. The number of hydrogen-bond acceptors (Lipinski definition) is 4. The van der Waals surface area contributed by atoms with Gasteiger partial charge in [-0.25, -0.2) is 0 Å². The second-order valence-corrected chi connectivity index (χ2v) is 4.31. The number of aromatic nitrogens is 3. The van der Waals surface area contributed by atoms with Gasteiger partial charge in [-0.3, -0.25) is 0 Å². The fourth-order valence-electron chi connectivity index (χ4n) is 1.90. The number of ether oxygens (including phenoxy) is 1. The van der Waals surface area contributed by atoms with Gasteiger partial charge in [0, 0.05) is 7.05 Å². The molecule has 3 rings (SSSR count). The van der Waals surface area contributed by atoms with E-state index in [1.54, 1.807) is 17.0 Å². The number of phenolic OH excluding ortho intramolecular Hbond substituents is 1. The lowest BCUT2D eigenvalue weighted by atomic mass is 10.1. The Hall–Kier alpha value is -2.56. The summed E-state index contributed by atoms with van der Waals surface area (Å²) >= 11 is 0. The van der Waals surface area contributed by atoms with Crippen LogP contribution in [0.15, 0.2) is 42.7 Å². The number of aryl methyl sites for hydroxylation is 1.